The first-order valence-corrected chi connectivity index (χ1v) is 11.8. The van der Waals surface area contributed by atoms with Crippen LogP contribution in [-0.2, 0) is 11.2 Å². The van der Waals surface area contributed by atoms with E-state index in [4.69, 9.17) is 11.6 Å². The third-order valence-corrected chi connectivity index (χ3v) is 8.32. The van der Waals surface area contributed by atoms with Gasteiger partial charge in [0.05, 0.1) is 10.6 Å². The Kier molecular flexibility index (Phi) is 5.25. The van der Waals surface area contributed by atoms with Crippen LogP contribution in [0.1, 0.15) is 18.4 Å². The first-order valence-electron chi connectivity index (χ1n) is 10.4. The van der Waals surface area contributed by atoms with Gasteiger partial charge in [0.1, 0.15) is 6.04 Å². The second kappa shape index (κ2) is 7.91. The van der Waals surface area contributed by atoms with Crippen molar-refractivity contribution in [3.8, 4) is 0 Å². The molecule has 0 aromatic heterocycles. The third kappa shape index (κ3) is 3.41. The van der Waals surface area contributed by atoms with Gasteiger partial charge < -0.3 is 4.90 Å². The molecular weight excluding hydrogens is 418 g/mol. The van der Waals surface area contributed by atoms with E-state index in [2.05, 4.69) is 29.2 Å². The maximum absolute atomic E-state index is 13.3. The van der Waals surface area contributed by atoms with Crippen molar-refractivity contribution in [1.29, 1.82) is 0 Å². The molecule has 5 rings (SSSR count). The number of carbonyl (C=O) groups excluding carboxylic acids is 2. The second-order valence-electron chi connectivity index (χ2n) is 8.15. The minimum absolute atomic E-state index is 0.113. The lowest BCUT2D eigenvalue weighted by Gasteiger charge is -2.43. The lowest BCUT2D eigenvalue weighted by molar-refractivity contribution is -0.119. The van der Waals surface area contributed by atoms with E-state index in [1.54, 1.807) is 36.0 Å². The number of imide groups is 1. The summed E-state index contributed by atoms with van der Waals surface area (Å²) in [5.74, 6) is 0.566. The van der Waals surface area contributed by atoms with Gasteiger partial charge in [-0.25, -0.2) is 9.69 Å². The molecule has 0 radical (unpaired) electrons. The number of carbonyl (C=O) groups is 2. The van der Waals surface area contributed by atoms with Crippen molar-refractivity contribution >= 4 is 41.0 Å². The molecule has 0 bridgehead atoms. The third-order valence-electron chi connectivity index (χ3n) is 6.45. The van der Waals surface area contributed by atoms with Crippen LogP contribution in [0.3, 0.4) is 0 Å². The maximum Gasteiger partial charge on any atom is 0.333 e. The number of amides is 3. The predicted molar refractivity (Wildman–Crippen MR) is 121 cm³/mol. The van der Waals surface area contributed by atoms with Crippen molar-refractivity contribution in [3.05, 3.63) is 65.2 Å². The van der Waals surface area contributed by atoms with Crippen molar-refractivity contribution in [2.45, 2.75) is 30.2 Å². The molecule has 3 heterocycles. The molecule has 3 saturated heterocycles. The number of benzene rings is 2. The van der Waals surface area contributed by atoms with Crippen LogP contribution in [0.4, 0.5) is 10.5 Å². The Hall–Kier alpha value is -2.02. The molecule has 2 aromatic rings. The first-order chi connectivity index (χ1) is 14.6. The van der Waals surface area contributed by atoms with Gasteiger partial charge >= 0.3 is 6.03 Å². The van der Waals surface area contributed by atoms with E-state index in [1.165, 1.54) is 10.5 Å². The molecule has 0 unspecified atom stereocenters. The highest BCUT2D eigenvalue weighted by Crippen LogP contribution is 2.50. The zero-order valence-corrected chi connectivity index (χ0v) is 18.2. The van der Waals surface area contributed by atoms with E-state index >= 15 is 0 Å². The van der Waals surface area contributed by atoms with Crippen molar-refractivity contribution in [3.63, 3.8) is 0 Å². The van der Waals surface area contributed by atoms with Gasteiger partial charge in [-0.05, 0) is 49.1 Å². The van der Waals surface area contributed by atoms with Gasteiger partial charge in [-0.2, -0.15) is 0 Å². The van der Waals surface area contributed by atoms with Crippen molar-refractivity contribution < 1.29 is 9.59 Å². The first kappa shape index (κ1) is 19.9. The monoisotopic (exact) mass is 441 g/mol. The number of nitrogens with zero attached hydrogens (tertiary/aromatic N) is 3. The molecule has 1 atom stereocenters. The van der Waals surface area contributed by atoms with Gasteiger partial charge in [0.2, 0.25) is 0 Å². The Morgan fingerprint density at radius 1 is 1.00 bits per heavy atom. The van der Waals surface area contributed by atoms with Gasteiger partial charge in [-0.1, -0.05) is 41.9 Å². The van der Waals surface area contributed by atoms with Crippen molar-refractivity contribution in [2.24, 2.45) is 0 Å². The lowest BCUT2D eigenvalue weighted by atomic mass is 10.0. The van der Waals surface area contributed by atoms with Crippen LogP contribution in [-0.4, -0.2) is 58.0 Å². The lowest BCUT2D eigenvalue weighted by Crippen LogP contribution is -2.53. The van der Waals surface area contributed by atoms with Gasteiger partial charge in [-0.3, -0.25) is 9.69 Å². The van der Waals surface area contributed by atoms with Crippen LogP contribution in [0.15, 0.2) is 54.6 Å². The minimum Gasteiger partial charge on any atom is -0.303 e. The molecule has 3 fully saturated rings. The zero-order chi connectivity index (χ0) is 20.7. The number of halogens is 1. The van der Waals surface area contributed by atoms with Gasteiger partial charge in [0.15, 0.2) is 0 Å². The van der Waals surface area contributed by atoms with Crippen LogP contribution in [0.5, 0.6) is 0 Å². The van der Waals surface area contributed by atoms with Gasteiger partial charge in [-0.15, -0.1) is 11.8 Å². The highest BCUT2D eigenvalue weighted by atomic mass is 35.5. The summed E-state index contributed by atoms with van der Waals surface area (Å²) in [6, 6.07) is 16.9. The molecule has 0 saturated carbocycles. The molecule has 3 aliphatic rings. The van der Waals surface area contributed by atoms with Gasteiger partial charge in [0, 0.05) is 30.4 Å². The minimum atomic E-state index is -0.353. The molecule has 1 spiro atoms. The van der Waals surface area contributed by atoms with E-state index < -0.39 is 0 Å². The molecule has 3 aliphatic heterocycles. The molecule has 0 N–H and O–H groups in total. The SMILES string of the molecule is O=C1[C@@H]2CSC3(CCN(CCc4ccccc4)CC3)N2C(=O)N1c1ccc(Cl)cc1. The van der Waals surface area contributed by atoms with Crippen LogP contribution in [0.25, 0.3) is 0 Å². The number of thioether (sulfide) groups is 1. The summed E-state index contributed by atoms with van der Waals surface area (Å²) < 4.78 is 0. The molecule has 2 aromatic carbocycles. The highest BCUT2D eigenvalue weighted by Gasteiger charge is 2.60. The largest absolute Gasteiger partial charge is 0.333 e. The van der Waals surface area contributed by atoms with Crippen molar-refractivity contribution in [2.75, 3.05) is 30.3 Å². The van der Waals surface area contributed by atoms with Crippen LogP contribution >= 0.6 is 23.4 Å². The average molecular weight is 442 g/mol. The Morgan fingerprint density at radius 3 is 2.40 bits per heavy atom. The Labute approximate surface area is 186 Å². The summed E-state index contributed by atoms with van der Waals surface area (Å²) in [7, 11) is 0. The summed E-state index contributed by atoms with van der Waals surface area (Å²) in [6.45, 7) is 2.93. The molecule has 7 heteroatoms. The van der Waals surface area contributed by atoms with Gasteiger partial charge in [0.25, 0.3) is 5.91 Å². The fraction of sp³-hybridized carbons (Fsp3) is 0.391. The predicted octanol–water partition coefficient (Wildman–Crippen LogP) is 4.26. The molecule has 30 heavy (non-hydrogen) atoms. The van der Waals surface area contributed by atoms with Crippen LogP contribution in [0.2, 0.25) is 5.02 Å². The smallest absolute Gasteiger partial charge is 0.303 e. The Morgan fingerprint density at radius 2 is 1.70 bits per heavy atom. The normalized spacial score (nSPS) is 23.4. The number of hydrogen-bond acceptors (Lipinski definition) is 4. The zero-order valence-electron chi connectivity index (χ0n) is 16.7. The van der Waals surface area contributed by atoms with E-state index in [0.29, 0.717) is 16.5 Å². The number of hydrogen-bond donors (Lipinski definition) is 0. The molecule has 156 valence electrons. The number of urea groups is 1. The molecule has 3 amide bonds. The number of rotatable bonds is 4. The quantitative estimate of drug-likeness (QED) is 0.665. The number of anilines is 1. The van der Waals surface area contributed by atoms with Crippen LogP contribution in [0, 0.1) is 0 Å². The number of fused-ring (bicyclic) bond motifs is 2. The molecule has 0 aliphatic carbocycles. The standard InChI is InChI=1S/C23H24ClN3O2S/c24-18-6-8-19(9-7-18)26-21(28)20-16-30-23(27(20)22(26)29)11-14-25(15-12-23)13-10-17-4-2-1-3-5-17/h1-9,20H,10-16H2/t20-/m0/s1. The Balaban J connectivity index is 1.27. The molecule has 5 nitrogen and oxygen atoms in total. The summed E-state index contributed by atoms with van der Waals surface area (Å²) in [5, 5.41) is 0.591. The summed E-state index contributed by atoms with van der Waals surface area (Å²) >= 11 is 7.77. The highest BCUT2D eigenvalue weighted by molar-refractivity contribution is 8.01. The number of piperidine rings is 1. The average Bonchev–Trinajstić information content (AvgIpc) is 3.26. The fourth-order valence-corrected chi connectivity index (χ4v) is 6.47. The van der Waals surface area contributed by atoms with Crippen molar-refractivity contribution in [1.82, 2.24) is 9.80 Å². The maximum atomic E-state index is 13.3. The Bertz CT molecular complexity index is 945. The van der Waals surface area contributed by atoms with E-state index in [0.717, 1.165) is 38.9 Å². The summed E-state index contributed by atoms with van der Waals surface area (Å²) in [6.07, 6.45) is 2.84. The van der Waals surface area contributed by atoms with E-state index in [1.807, 2.05) is 11.0 Å². The molecular formula is C23H24ClN3O2S. The van der Waals surface area contributed by atoms with E-state index in [9.17, 15) is 9.59 Å². The topological polar surface area (TPSA) is 43.9 Å². The van der Waals surface area contributed by atoms with E-state index in [-0.39, 0.29) is 22.9 Å². The fourth-order valence-electron chi connectivity index (χ4n) is 4.77. The number of likely N-dealkylation sites (tertiary alicyclic amines) is 1. The summed E-state index contributed by atoms with van der Waals surface area (Å²) in [5.41, 5.74) is 1.95. The van der Waals surface area contributed by atoms with Crippen LogP contribution < -0.4 is 4.90 Å². The second-order valence-corrected chi connectivity index (χ2v) is 9.97. The summed E-state index contributed by atoms with van der Waals surface area (Å²) in [4.78, 5) is 31.8.